The highest BCUT2D eigenvalue weighted by molar-refractivity contribution is 6.69. The predicted molar refractivity (Wildman–Crippen MR) is 209 cm³/mol. The smallest absolute Gasteiger partial charge is 0.213 e. The van der Waals surface area contributed by atoms with Crippen LogP contribution < -0.4 is 9.64 Å². The number of aromatic nitrogens is 4. The highest BCUT2D eigenvalue weighted by Gasteiger charge is 2.59. The molecule has 0 aromatic carbocycles. The van der Waals surface area contributed by atoms with Crippen molar-refractivity contribution in [1.82, 2.24) is 20.2 Å². The van der Waals surface area contributed by atoms with Gasteiger partial charge in [0.15, 0.2) is 7.85 Å². The van der Waals surface area contributed by atoms with Crippen molar-refractivity contribution in [3.05, 3.63) is 30.6 Å². The normalized spacial score (nSPS) is 20.1. The lowest BCUT2D eigenvalue weighted by molar-refractivity contribution is -0.0256. The maximum Gasteiger partial charge on any atom is 0.213 e. The van der Waals surface area contributed by atoms with Gasteiger partial charge in [0.1, 0.15) is 74.3 Å². The molecule has 1 fully saturated rings. The number of fused-ring (bicyclic) bond motifs is 1. The van der Waals surface area contributed by atoms with Crippen LogP contribution in [0.15, 0.2) is 30.6 Å². The van der Waals surface area contributed by atoms with Crippen molar-refractivity contribution in [3.8, 4) is 17.1 Å². The molecular formula is C18H36B15N5O2. The summed E-state index contributed by atoms with van der Waals surface area (Å²) < 4.78 is 13.4. The van der Waals surface area contributed by atoms with Crippen LogP contribution in [0.1, 0.15) is 0 Å². The van der Waals surface area contributed by atoms with Gasteiger partial charge in [-0.2, -0.15) is 5.10 Å². The lowest BCUT2D eigenvalue weighted by Gasteiger charge is -2.69. The molecule has 0 spiro atoms. The Morgan fingerprint density at radius 2 is 1.35 bits per heavy atom. The van der Waals surface area contributed by atoms with E-state index < -0.39 is 16.3 Å². The first-order valence-electron chi connectivity index (χ1n) is 14.5. The first kappa shape index (κ1) is 31.2. The summed E-state index contributed by atoms with van der Waals surface area (Å²) in [5, 5.41) is 7.16. The molecule has 3 aromatic heterocycles. The van der Waals surface area contributed by atoms with Gasteiger partial charge >= 0.3 is 0 Å². The standard InChI is InChI=1S/C18H36B15N5O2/c19-12(13(20,21)22,14(23,24)25)39-10-4-7-8(5-35-10)36-37-11(7)6-1-2-34-9(3-6)38-15(26,27)17(30,31)40-18(32,33)16(38,28)29/h1-5H,19-33H2,(H,36,37). The van der Waals surface area contributed by atoms with Gasteiger partial charge < -0.3 is 14.4 Å². The molecule has 4 rings (SSSR count). The number of H-pyrrole nitrogens is 1. The molecule has 40 heavy (non-hydrogen) atoms. The van der Waals surface area contributed by atoms with E-state index in [1.165, 1.54) is 0 Å². The van der Waals surface area contributed by atoms with Gasteiger partial charge in [-0.05, 0) is 22.8 Å². The molecule has 4 heterocycles. The minimum atomic E-state index is -0.457. The number of hydrogen-bond acceptors (Lipinski definition) is 6. The maximum absolute atomic E-state index is 6.73. The summed E-state index contributed by atoms with van der Waals surface area (Å²) in [6, 6.07) is 6.18. The van der Waals surface area contributed by atoms with Gasteiger partial charge in [-0.1, -0.05) is 10.2 Å². The third-order valence-corrected chi connectivity index (χ3v) is 10.4. The van der Waals surface area contributed by atoms with Crippen molar-refractivity contribution in [1.29, 1.82) is 0 Å². The summed E-state index contributed by atoms with van der Waals surface area (Å²) in [7, 11) is 33.1. The number of rotatable bonds is 6. The Hall–Kier alpha value is -1.70. The van der Waals surface area contributed by atoms with Gasteiger partial charge in [-0.3, -0.25) is 5.10 Å². The minimum absolute atomic E-state index is 0.111. The molecule has 0 aliphatic carbocycles. The molecular weight excluding hydrogens is 480 g/mol. The van der Waals surface area contributed by atoms with Gasteiger partial charge in [0.2, 0.25) is 5.88 Å². The van der Waals surface area contributed by atoms with Crippen LogP contribution in [0.3, 0.4) is 0 Å². The number of pyridine rings is 2. The van der Waals surface area contributed by atoms with E-state index in [-0.39, 0.29) is 20.9 Å². The second kappa shape index (κ2) is 9.40. The monoisotopic (exact) mass is 519 g/mol. The fraction of sp³-hybridized carbons (Fsp3) is 0.389. The Kier molecular flexibility index (Phi) is 7.35. The zero-order chi connectivity index (χ0) is 30.3. The Bertz CT molecular complexity index is 1400. The molecule has 0 radical (unpaired) electrons. The van der Waals surface area contributed by atoms with Crippen LogP contribution in [0, 0.1) is 0 Å². The van der Waals surface area contributed by atoms with E-state index in [1.807, 2.05) is 24.5 Å². The van der Waals surface area contributed by atoms with E-state index >= 15 is 0 Å². The van der Waals surface area contributed by atoms with Gasteiger partial charge in [0, 0.05) is 39.5 Å². The van der Waals surface area contributed by atoms with E-state index in [4.69, 9.17) is 19.6 Å². The summed E-state index contributed by atoms with van der Waals surface area (Å²) in [5.41, 5.74) is 2.24. The van der Waals surface area contributed by atoms with Crippen LogP contribution in [0.5, 0.6) is 5.88 Å². The fourth-order valence-corrected chi connectivity index (χ4v) is 6.20. The van der Waals surface area contributed by atoms with Gasteiger partial charge in [-0.25, -0.2) is 9.97 Å². The van der Waals surface area contributed by atoms with Crippen molar-refractivity contribution in [3.63, 3.8) is 0 Å². The van der Waals surface area contributed by atoms with Crippen molar-refractivity contribution in [2.75, 3.05) is 4.90 Å². The van der Waals surface area contributed by atoms with E-state index in [2.05, 4.69) is 139 Å². The average Bonchev–Trinajstić information content (AvgIpc) is 3.19. The topological polar surface area (TPSA) is 76.2 Å². The van der Waals surface area contributed by atoms with Crippen molar-refractivity contribution in [2.24, 2.45) is 0 Å². The summed E-state index contributed by atoms with van der Waals surface area (Å²) >= 11 is 0. The SMILES string of the molecule is BC(B)(B)C(B)(Oc1cc2c(-c3ccnc(N4C(B)(B)C(B)(B)OC(B)(B)C4(B)B)c3)n[nH]c2cn1)C(B)(B)B. The van der Waals surface area contributed by atoms with Crippen LogP contribution in [0.2, 0.25) is 10.2 Å². The maximum atomic E-state index is 6.73. The molecule has 0 unspecified atom stereocenters. The molecule has 0 saturated carbocycles. The summed E-state index contributed by atoms with van der Waals surface area (Å²) in [6.45, 7) is 0. The minimum Gasteiger partial charge on any atom is -0.484 e. The molecule has 1 N–H and O–H groups in total. The Labute approximate surface area is 253 Å². The van der Waals surface area contributed by atoms with E-state index in [1.54, 1.807) is 0 Å². The van der Waals surface area contributed by atoms with E-state index in [0.29, 0.717) is 5.88 Å². The first-order chi connectivity index (χ1) is 18.0. The van der Waals surface area contributed by atoms with E-state index in [0.717, 1.165) is 28.0 Å². The number of nitrogens with zero attached hydrogens (tertiary/aromatic N) is 4. The molecule has 1 aliphatic rings. The number of anilines is 1. The Morgan fingerprint density at radius 3 is 1.88 bits per heavy atom. The zero-order valence-electron chi connectivity index (χ0n) is 27.5. The van der Waals surface area contributed by atoms with Crippen molar-refractivity contribution < 1.29 is 9.47 Å². The number of aromatic amines is 1. The third kappa shape index (κ3) is 4.78. The Balaban J connectivity index is 1.82. The first-order valence-corrected chi connectivity index (χ1v) is 14.5. The molecule has 3 aromatic rings. The predicted octanol–water partition coefficient (Wildman–Crippen LogP) is -12.8. The molecule has 22 heteroatoms. The summed E-state index contributed by atoms with van der Waals surface area (Å²) in [6.07, 6.45) is 3.69. The number of nitrogens with one attached hydrogen (secondary N) is 1. The van der Waals surface area contributed by atoms with Crippen LogP contribution in [-0.4, -0.2) is 165 Å². The lowest BCUT2D eigenvalue weighted by Crippen LogP contribution is -2.86. The molecule has 0 amide bonds. The third-order valence-electron chi connectivity index (χ3n) is 10.4. The quantitative estimate of drug-likeness (QED) is 0.328. The van der Waals surface area contributed by atoms with Crippen LogP contribution in [0.25, 0.3) is 22.2 Å². The van der Waals surface area contributed by atoms with Gasteiger partial charge in [0.05, 0.1) is 58.8 Å². The van der Waals surface area contributed by atoms with Crippen LogP contribution >= 0.6 is 0 Å². The number of ether oxygens (including phenoxy) is 2. The largest absolute Gasteiger partial charge is 0.484 e. The zero-order valence-corrected chi connectivity index (χ0v) is 27.5. The van der Waals surface area contributed by atoms with Gasteiger partial charge in [0.25, 0.3) is 0 Å². The second-order valence-corrected chi connectivity index (χ2v) is 15.8. The molecule has 1 aliphatic heterocycles. The van der Waals surface area contributed by atoms with Crippen LogP contribution in [-0.2, 0) is 4.74 Å². The summed E-state index contributed by atoms with van der Waals surface area (Å²) in [5.74, 6) is 1.49. The van der Waals surface area contributed by atoms with E-state index in [9.17, 15) is 0 Å². The van der Waals surface area contributed by atoms with Gasteiger partial charge in [-0.15, -0.1) is 0 Å². The van der Waals surface area contributed by atoms with Crippen LogP contribution in [0.4, 0.5) is 5.82 Å². The Morgan fingerprint density at radius 1 is 0.800 bits per heavy atom. The number of hydrogen-bond donors (Lipinski definition) is 1. The highest BCUT2D eigenvalue weighted by atomic mass is 16.5. The summed E-state index contributed by atoms with van der Waals surface area (Å²) in [4.78, 5) is 12.0. The van der Waals surface area contributed by atoms with Crippen molar-refractivity contribution >= 4 is 134 Å². The molecule has 0 bridgehead atoms. The fourth-order valence-electron chi connectivity index (χ4n) is 6.20. The molecule has 1 saturated heterocycles. The van der Waals surface area contributed by atoms with Crippen molar-refractivity contribution in [2.45, 2.75) is 37.2 Å². The number of morpholine rings is 1. The molecule has 7 nitrogen and oxygen atoms in total. The highest BCUT2D eigenvalue weighted by Crippen LogP contribution is 2.45. The molecule has 190 valence electrons. The lowest BCUT2D eigenvalue weighted by atomic mass is 9.19. The molecule has 0 atom stereocenters. The second-order valence-electron chi connectivity index (χ2n) is 15.8. The average molecular weight is 517 g/mol.